The van der Waals surface area contributed by atoms with Crippen molar-refractivity contribution in [2.24, 2.45) is 0 Å². The third-order valence-corrected chi connectivity index (χ3v) is 3.33. The molecular weight excluding hydrogens is 222 g/mol. The van der Waals surface area contributed by atoms with E-state index < -0.39 is 4.75 Å². The first-order valence-electron chi connectivity index (χ1n) is 5.07. The van der Waals surface area contributed by atoms with Crippen molar-refractivity contribution in [2.45, 2.75) is 18.1 Å². The van der Waals surface area contributed by atoms with Gasteiger partial charge in [-0.25, -0.2) is 0 Å². The second kappa shape index (κ2) is 4.61. The van der Waals surface area contributed by atoms with Crippen LogP contribution in [0, 0.1) is 0 Å². The van der Waals surface area contributed by atoms with Gasteiger partial charge in [0, 0.05) is 5.69 Å². The fourth-order valence-electron chi connectivity index (χ4n) is 1.40. The number of para-hydroxylation sites is 1. The molecule has 1 unspecified atom stereocenters. The topological polar surface area (TPSA) is 38.3 Å². The average Bonchev–Trinajstić information content (AvgIpc) is 2.31. The van der Waals surface area contributed by atoms with Gasteiger partial charge in [-0.2, -0.15) is 0 Å². The van der Waals surface area contributed by atoms with E-state index in [0.29, 0.717) is 6.42 Å². The molecular formula is C12H13NO2S. The molecule has 1 aliphatic heterocycles. The number of rotatable bonds is 2. The highest BCUT2D eigenvalue weighted by molar-refractivity contribution is 7.97. The zero-order valence-corrected chi connectivity index (χ0v) is 9.79. The maximum atomic E-state index is 12.0. The van der Waals surface area contributed by atoms with E-state index in [1.807, 2.05) is 43.3 Å². The van der Waals surface area contributed by atoms with Crippen molar-refractivity contribution in [3.05, 3.63) is 42.7 Å². The molecule has 0 aliphatic carbocycles. The summed E-state index contributed by atoms with van der Waals surface area (Å²) in [6.45, 7) is 1.87. The zero-order valence-electron chi connectivity index (χ0n) is 8.97. The van der Waals surface area contributed by atoms with E-state index in [1.54, 1.807) is 6.26 Å². The Morgan fingerprint density at radius 3 is 2.81 bits per heavy atom. The van der Waals surface area contributed by atoms with Crippen molar-refractivity contribution >= 4 is 23.6 Å². The third kappa shape index (κ3) is 2.39. The molecule has 0 saturated carbocycles. The first kappa shape index (κ1) is 11.1. The van der Waals surface area contributed by atoms with E-state index in [-0.39, 0.29) is 5.91 Å². The monoisotopic (exact) mass is 235 g/mol. The molecule has 3 nitrogen and oxygen atoms in total. The number of carbonyl (C=O) groups is 1. The van der Waals surface area contributed by atoms with Gasteiger partial charge in [-0.3, -0.25) is 4.79 Å². The number of amides is 1. The number of hydrogen-bond acceptors (Lipinski definition) is 3. The fraction of sp³-hybridized carbons (Fsp3) is 0.250. The molecule has 0 fully saturated rings. The lowest BCUT2D eigenvalue weighted by Crippen LogP contribution is -2.37. The number of benzene rings is 1. The van der Waals surface area contributed by atoms with Crippen molar-refractivity contribution < 1.29 is 8.98 Å². The van der Waals surface area contributed by atoms with Crippen LogP contribution >= 0.6 is 12.0 Å². The normalized spacial score (nSPS) is 23.6. The SMILES string of the molecule is CC1(C(=O)Nc2ccccc2)CC=COS1. The summed E-state index contributed by atoms with van der Waals surface area (Å²) in [7, 11) is 0. The molecule has 2 rings (SSSR count). The Morgan fingerprint density at radius 2 is 2.19 bits per heavy atom. The Kier molecular flexibility index (Phi) is 3.19. The van der Waals surface area contributed by atoms with Crippen LogP contribution in [0.25, 0.3) is 0 Å². The highest BCUT2D eigenvalue weighted by Gasteiger charge is 2.36. The molecule has 1 aliphatic rings. The standard InChI is InChI=1S/C12H13NO2S/c1-12(8-5-9-15-16-12)11(14)13-10-6-3-2-4-7-10/h2-7,9H,8H2,1H3,(H,13,14). The Hall–Kier alpha value is -1.42. The van der Waals surface area contributed by atoms with Crippen LogP contribution in [0.15, 0.2) is 42.7 Å². The fourth-order valence-corrected chi connectivity index (χ4v) is 2.03. The van der Waals surface area contributed by atoms with Gasteiger partial charge in [0.25, 0.3) is 0 Å². The summed E-state index contributed by atoms with van der Waals surface area (Å²) in [6, 6.07) is 9.43. The number of anilines is 1. The molecule has 1 amide bonds. The Balaban J connectivity index is 2.06. The van der Waals surface area contributed by atoms with Crippen LogP contribution in [0.5, 0.6) is 0 Å². The van der Waals surface area contributed by atoms with Gasteiger partial charge in [-0.05, 0) is 31.6 Å². The number of hydrogen-bond donors (Lipinski definition) is 1. The average molecular weight is 235 g/mol. The second-order valence-electron chi connectivity index (χ2n) is 3.81. The predicted octanol–water partition coefficient (Wildman–Crippen LogP) is 2.97. The highest BCUT2D eigenvalue weighted by Crippen LogP contribution is 2.34. The lowest BCUT2D eigenvalue weighted by molar-refractivity contribution is -0.118. The summed E-state index contributed by atoms with van der Waals surface area (Å²) in [6.07, 6.45) is 4.15. The molecule has 1 aromatic rings. The minimum absolute atomic E-state index is 0.0342. The maximum absolute atomic E-state index is 12.0. The predicted molar refractivity (Wildman–Crippen MR) is 65.9 cm³/mol. The number of allylic oxidation sites excluding steroid dienone is 1. The number of carbonyl (C=O) groups excluding carboxylic acids is 1. The van der Waals surface area contributed by atoms with E-state index in [9.17, 15) is 4.79 Å². The molecule has 0 radical (unpaired) electrons. The van der Waals surface area contributed by atoms with E-state index in [0.717, 1.165) is 5.69 Å². The molecule has 0 spiro atoms. The van der Waals surface area contributed by atoms with Gasteiger partial charge in [0.05, 0.1) is 18.3 Å². The Bertz CT molecular complexity index is 405. The largest absolute Gasteiger partial charge is 0.433 e. The highest BCUT2D eigenvalue weighted by atomic mass is 32.2. The second-order valence-corrected chi connectivity index (χ2v) is 5.07. The first-order valence-corrected chi connectivity index (χ1v) is 5.81. The quantitative estimate of drug-likeness (QED) is 0.801. The van der Waals surface area contributed by atoms with Crippen LogP contribution in [0.4, 0.5) is 5.69 Å². The van der Waals surface area contributed by atoms with Crippen LogP contribution in [0.3, 0.4) is 0 Å². The summed E-state index contributed by atoms with van der Waals surface area (Å²) in [5.74, 6) is -0.0342. The summed E-state index contributed by atoms with van der Waals surface area (Å²) in [5.41, 5.74) is 0.809. The molecule has 4 heteroatoms. The third-order valence-electron chi connectivity index (χ3n) is 2.40. The minimum Gasteiger partial charge on any atom is -0.433 e. The van der Waals surface area contributed by atoms with Crippen LogP contribution in [0.2, 0.25) is 0 Å². The molecule has 84 valence electrons. The van der Waals surface area contributed by atoms with E-state index in [1.165, 1.54) is 12.0 Å². The summed E-state index contributed by atoms with van der Waals surface area (Å²) >= 11 is 1.19. The van der Waals surface area contributed by atoms with E-state index >= 15 is 0 Å². The molecule has 1 aromatic carbocycles. The van der Waals surface area contributed by atoms with Gasteiger partial charge in [0.15, 0.2) is 0 Å². The van der Waals surface area contributed by atoms with Crippen molar-refractivity contribution in [3.8, 4) is 0 Å². The van der Waals surface area contributed by atoms with Crippen molar-refractivity contribution in [3.63, 3.8) is 0 Å². The van der Waals surface area contributed by atoms with Crippen LogP contribution in [-0.2, 0) is 8.98 Å². The lowest BCUT2D eigenvalue weighted by atomic mass is 10.1. The first-order chi connectivity index (χ1) is 7.71. The zero-order chi connectivity index (χ0) is 11.4. The summed E-state index contributed by atoms with van der Waals surface area (Å²) in [4.78, 5) is 12.0. The van der Waals surface area contributed by atoms with Gasteiger partial charge in [-0.15, -0.1) is 0 Å². The van der Waals surface area contributed by atoms with Crippen molar-refractivity contribution in [1.29, 1.82) is 0 Å². The van der Waals surface area contributed by atoms with Crippen molar-refractivity contribution in [2.75, 3.05) is 5.32 Å². The van der Waals surface area contributed by atoms with Gasteiger partial charge >= 0.3 is 0 Å². The smallest absolute Gasteiger partial charge is 0.244 e. The molecule has 0 saturated heterocycles. The van der Waals surface area contributed by atoms with Gasteiger partial charge in [0.2, 0.25) is 5.91 Å². The summed E-state index contributed by atoms with van der Waals surface area (Å²) < 4.78 is 4.57. The van der Waals surface area contributed by atoms with E-state index in [2.05, 4.69) is 5.32 Å². The Morgan fingerprint density at radius 1 is 1.44 bits per heavy atom. The molecule has 1 atom stereocenters. The summed E-state index contributed by atoms with van der Waals surface area (Å²) in [5, 5.41) is 2.88. The van der Waals surface area contributed by atoms with Gasteiger partial charge in [0.1, 0.15) is 4.75 Å². The maximum Gasteiger partial charge on any atom is 0.244 e. The molecule has 1 heterocycles. The van der Waals surface area contributed by atoms with Crippen LogP contribution in [-0.4, -0.2) is 10.7 Å². The lowest BCUT2D eigenvalue weighted by Gasteiger charge is -2.26. The minimum atomic E-state index is -0.551. The van der Waals surface area contributed by atoms with Crippen molar-refractivity contribution in [1.82, 2.24) is 0 Å². The van der Waals surface area contributed by atoms with Crippen LogP contribution in [0.1, 0.15) is 13.3 Å². The molecule has 0 bridgehead atoms. The van der Waals surface area contributed by atoms with Gasteiger partial charge in [-0.1, -0.05) is 18.2 Å². The van der Waals surface area contributed by atoms with Gasteiger partial charge < -0.3 is 9.50 Å². The van der Waals surface area contributed by atoms with E-state index in [4.69, 9.17) is 4.18 Å². The Labute approximate surface area is 99.1 Å². The van der Waals surface area contributed by atoms with Crippen LogP contribution < -0.4 is 5.32 Å². The molecule has 16 heavy (non-hydrogen) atoms. The number of nitrogens with one attached hydrogen (secondary N) is 1. The molecule has 0 aromatic heterocycles. The molecule has 1 N–H and O–H groups in total.